The molecule has 23 heavy (non-hydrogen) atoms. The van der Waals surface area contributed by atoms with Gasteiger partial charge < -0.3 is 15.4 Å². The zero-order chi connectivity index (χ0) is 16.4. The highest BCUT2D eigenvalue weighted by atomic mass is 19.1. The van der Waals surface area contributed by atoms with Crippen molar-refractivity contribution < 1.29 is 13.9 Å². The van der Waals surface area contributed by atoms with E-state index in [0.29, 0.717) is 30.9 Å². The molecule has 120 valence electrons. The summed E-state index contributed by atoms with van der Waals surface area (Å²) in [6, 6.07) is 6.30. The van der Waals surface area contributed by atoms with Gasteiger partial charge in [0.25, 0.3) is 0 Å². The molecule has 0 unspecified atom stereocenters. The van der Waals surface area contributed by atoms with E-state index in [9.17, 15) is 9.18 Å². The summed E-state index contributed by atoms with van der Waals surface area (Å²) in [5.41, 5.74) is 8.05. The fourth-order valence-electron chi connectivity index (χ4n) is 2.67. The number of carbonyl (C=O) groups excluding carboxylic acids is 1. The predicted octanol–water partition coefficient (Wildman–Crippen LogP) is 1.33. The Kier molecular flexibility index (Phi) is 4.10. The molecular formula is C16H17FN4O2. The highest BCUT2D eigenvalue weighted by Crippen LogP contribution is 2.21. The van der Waals surface area contributed by atoms with Gasteiger partial charge in [-0.15, -0.1) is 5.10 Å². The van der Waals surface area contributed by atoms with Crippen molar-refractivity contribution in [3.63, 3.8) is 0 Å². The van der Waals surface area contributed by atoms with Gasteiger partial charge in [-0.25, -0.2) is 4.39 Å². The number of rotatable bonds is 3. The van der Waals surface area contributed by atoms with E-state index in [2.05, 4.69) is 10.2 Å². The van der Waals surface area contributed by atoms with Gasteiger partial charge in [-0.3, -0.25) is 4.79 Å². The minimum absolute atomic E-state index is 0.0596. The van der Waals surface area contributed by atoms with Crippen LogP contribution in [0, 0.1) is 5.82 Å². The van der Waals surface area contributed by atoms with E-state index in [-0.39, 0.29) is 18.1 Å². The Morgan fingerprint density at radius 1 is 1.39 bits per heavy atom. The lowest BCUT2D eigenvalue weighted by Gasteiger charge is -2.28. The molecule has 1 amide bonds. The molecule has 0 fully saturated rings. The average Bonchev–Trinajstić information content (AvgIpc) is 2.54. The highest BCUT2D eigenvalue weighted by molar-refractivity contribution is 5.79. The Morgan fingerprint density at radius 3 is 2.96 bits per heavy atom. The fourth-order valence-corrected chi connectivity index (χ4v) is 2.67. The summed E-state index contributed by atoms with van der Waals surface area (Å²) in [6.45, 7) is 1.02. The van der Waals surface area contributed by atoms with E-state index in [4.69, 9.17) is 10.5 Å². The van der Waals surface area contributed by atoms with Gasteiger partial charge in [0.1, 0.15) is 5.82 Å². The van der Waals surface area contributed by atoms with Crippen LogP contribution in [0.25, 0.3) is 0 Å². The van der Waals surface area contributed by atoms with Gasteiger partial charge in [-0.05, 0) is 29.3 Å². The number of anilines is 1. The van der Waals surface area contributed by atoms with Crippen molar-refractivity contribution >= 4 is 11.7 Å². The normalized spacial score (nSPS) is 13.6. The van der Waals surface area contributed by atoms with Crippen LogP contribution in [0.15, 0.2) is 24.3 Å². The van der Waals surface area contributed by atoms with Crippen LogP contribution in [-0.2, 0) is 24.2 Å². The summed E-state index contributed by atoms with van der Waals surface area (Å²) >= 11 is 0. The van der Waals surface area contributed by atoms with Gasteiger partial charge in [-0.2, -0.15) is 5.10 Å². The van der Waals surface area contributed by atoms with Crippen molar-refractivity contribution in [2.24, 2.45) is 0 Å². The number of hydrogen-bond acceptors (Lipinski definition) is 5. The van der Waals surface area contributed by atoms with E-state index in [1.54, 1.807) is 17.0 Å². The third kappa shape index (κ3) is 3.23. The molecule has 0 aliphatic carbocycles. The minimum Gasteiger partial charge on any atom is -0.494 e. The quantitative estimate of drug-likeness (QED) is 0.924. The van der Waals surface area contributed by atoms with Gasteiger partial charge in [0.15, 0.2) is 11.6 Å². The van der Waals surface area contributed by atoms with Crippen molar-refractivity contribution in [2.75, 3.05) is 19.4 Å². The molecule has 2 heterocycles. The van der Waals surface area contributed by atoms with Gasteiger partial charge in [-0.1, -0.05) is 6.07 Å². The van der Waals surface area contributed by atoms with Crippen LogP contribution < -0.4 is 10.5 Å². The molecule has 1 aliphatic rings. The molecule has 0 saturated heterocycles. The van der Waals surface area contributed by atoms with Crippen LogP contribution in [0.1, 0.15) is 16.8 Å². The Bertz CT molecular complexity index is 751. The molecule has 2 N–H and O–H groups in total. The summed E-state index contributed by atoms with van der Waals surface area (Å²) in [5.74, 6) is -0.0159. The summed E-state index contributed by atoms with van der Waals surface area (Å²) in [7, 11) is 1.41. The van der Waals surface area contributed by atoms with Crippen molar-refractivity contribution in [3.8, 4) is 5.75 Å². The van der Waals surface area contributed by atoms with Gasteiger partial charge in [0, 0.05) is 19.5 Å². The van der Waals surface area contributed by atoms with Crippen LogP contribution in [-0.4, -0.2) is 34.7 Å². The second kappa shape index (κ2) is 6.20. The monoisotopic (exact) mass is 316 g/mol. The molecule has 0 radical (unpaired) electrons. The van der Waals surface area contributed by atoms with Crippen LogP contribution in [0.5, 0.6) is 5.75 Å². The van der Waals surface area contributed by atoms with Gasteiger partial charge in [0.2, 0.25) is 5.91 Å². The third-order valence-electron chi connectivity index (χ3n) is 3.88. The SMILES string of the molecule is COc1ccc(CC(=O)N2CCc3nnc(N)cc3C2)cc1F. The van der Waals surface area contributed by atoms with Crippen molar-refractivity contribution in [2.45, 2.75) is 19.4 Å². The Balaban J connectivity index is 1.71. The van der Waals surface area contributed by atoms with Crippen LogP contribution in [0.3, 0.4) is 0 Å². The molecule has 0 atom stereocenters. The average molecular weight is 316 g/mol. The molecule has 1 aromatic carbocycles. The summed E-state index contributed by atoms with van der Waals surface area (Å²) in [4.78, 5) is 14.2. The van der Waals surface area contributed by atoms with Crippen molar-refractivity contribution in [3.05, 3.63) is 46.9 Å². The number of ether oxygens (including phenoxy) is 1. The molecular weight excluding hydrogens is 299 g/mol. The molecule has 7 heteroatoms. The lowest BCUT2D eigenvalue weighted by molar-refractivity contribution is -0.131. The van der Waals surface area contributed by atoms with Crippen LogP contribution in [0.2, 0.25) is 0 Å². The topological polar surface area (TPSA) is 81.3 Å². The van der Waals surface area contributed by atoms with E-state index < -0.39 is 5.82 Å². The number of amides is 1. The van der Waals surface area contributed by atoms with E-state index in [1.807, 2.05) is 0 Å². The van der Waals surface area contributed by atoms with Crippen LogP contribution in [0.4, 0.5) is 10.2 Å². The first kappa shape index (κ1) is 15.2. The number of halogens is 1. The number of hydrogen-bond donors (Lipinski definition) is 1. The second-order valence-corrected chi connectivity index (χ2v) is 5.45. The largest absolute Gasteiger partial charge is 0.494 e. The number of methoxy groups -OCH3 is 1. The number of nitrogens with zero attached hydrogens (tertiary/aromatic N) is 3. The molecule has 1 aromatic heterocycles. The maximum atomic E-state index is 13.7. The molecule has 0 saturated carbocycles. The number of nitrogens with two attached hydrogens (primary N) is 1. The lowest BCUT2D eigenvalue weighted by Crippen LogP contribution is -2.37. The summed E-state index contributed by atoms with van der Waals surface area (Å²) < 4.78 is 18.6. The molecule has 0 bridgehead atoms. The first-order valence-corrected chi connectivity index (χ1v) is 7.28. The molecule has 1 aliphatic heterocycles. The van der Waals surface area contributed by atoms with E-state index in [1.165, 1.54) is 19.2 Å². The summed E-state index contributed by atoms with van der Waals surface area (Å²) in [5, 5.41) is 7.88. The summed E-state index contributed by atoms with van der Waals surface area (Å²) in [6.07, 6.45) is 0.787. The fraction of sp³-hybridized carbons (Fsp3) is 0.312. The minimum atomic E-state index is -0.468. The predicted molar refractivity (Wildman–Crippen MR) is 82.2 cm³/mol. The smallest absolute Gasteiger partial charge is 0.227 e. The zero-order valence-electron chi connectivity index (χ0n) is 12.8. The zero-order valence-corrected chi connectivity index (χ0v) is 12.8. The lowest BCUT2D eigenvalue weighted by atomic mass is 10.0. The maximum Gasteiger partial charge on any atom is 0.227 e. The van der Waals surface area contributed by atoms with E-state index in [0.717, 1.165) is 11.3 Å². The molecule has 0 spiro atoms. The van der Waals surface area contributed by atoms with Gasteiger partial charge >= 0.3 is 0 Å². The molecule has 2 aromatic rings. The Hall–Kier alpha value is -2.70. The molecule has 6 nitrogen and oxygen atoms in total. The third-order valence-corrected chi connectivity index (χ3v) is 3.88. The first-order chi connectivity index (χ1) is 11.1. The van der Waals surface area contributed by atoms with E-state index >= 15 is 0 Å². The first-order valence-electron chi connectivity index (χ1n) is 7.28. The number of fused-ring (bicyclic) bond motifs is 1. The molecule has 3 rings (SSSR count). The number of benzene rings is 1. The number of aromatic nitrogens is 2. The van der Waals surface area contributed by atoms with Crippen LogP contribution >= 0.6 is 0 Å². The number of nitrogen functional groups attached to an aromatic ring is 1. The number of carbonyl (C=O) groups is 1. The highest BCUT2D eigenvalue weighted by Gasteiger charge is 2.22. The maximum absolute atomic E-state index is 13.7. The Morgan fingerprint density at radius 2 is 2.22 bits per heavy atom. The van der Waals surface area contributed by atoms with Crippen molar-refractivity contribution in [1.29, 1.82) is 0 Å². The standard InChI is InChI=1S/C16H17FN4O2/c1-23-14-3-2-10(6-12(14)17)7-16(22)21-5-4-13-11(9-21)8-15(18)20-19-13/h2-3,6,8H,4-5,7,9H2,1H3,(H2,18,20). The second-order valence-electron chi connectivity index (χ2n) is 5.45. The van der Waals surface area contributed by atoms with Gasteiger partial charge in [0.05, 0.1) is 19.2 Å². The van der Waals surface area contributed by atoms with Crippen molar-refractivity contribution in [1.82, 2.24) is 15.1 Å². The Labute approximate surface area is 133 Å².